The van der Waals surface area contributed by atoms with E-state index < -0.39 is 9.84 Å². The maximum atomic E-state index is 11.4. The van der Waals surface area contributed by atoms with Crippen LogP contribution >= 0.6 is 11.6 Å². The number of halogens is 1. The van der Waals surface area contributed by atoms with Crippen LogP contribution in [-0.4, -0.2) is 47.5 Å². The van der Waals surface area contributed by atoms with Gasteiger partial charge in [0.15, 0.2) is 9.84 Å². The van der Waals surface area contributed by atoms with Gasteiger partial charge in [0.05, 0.1) is 11.5 Å². The van der Waals surface area contributed by atoms with E-state index in [-0.39, 0.29) is 22.8 Å². The smallest absolute Gasteiger partial charge is 0.229 e. The topological polar surface area (TPSA) is 96.9 Å². The predicted octanol–water partition coefficient (Wildman–Crippen LogP) is 0.946. The maximum Gasteiger partial charge on any atom is 0.229 e. The number of anilines is 2. The molecule has 1 atom stereocenters. The van der Waals surface area contributed by atoms with Crippen LogP contribution in [0.1, 0.15) is 19.8 Å². The summed E-state index contributed by atoms with van der Waals surface area (Å²) >= 11 is 5.81. The van der Waals surface area contributed by atoms with Crippen LogP contribution in [0.3, 0.4) is 0 Å². The molecule has 0 radical (unpaired) electrons. The minimum absolute atomic E-state index is 0.0805. The second-order valence-electron chi connectivity index (χ2n) is 4.42. The highest BCUT2D eigenvalue weighted by atomic mass is 35.5. The number of nitrogens with zero attached hydrogens (tertiary/aromatic N) is 3. The Morgan fingerprint density at radius 2 is 2.05 bits per heavy atom. The third-order valence-electron chi connectivity index (χ3n) is 2.71. The van der Waals surface area contributed by atoms with Gasteiger partial charge in [-0.15, -0.1) is 0 Å². The molecular weight excluding hydrogens is 290 g/mol. The zero-order valence-corrected chi connectivity index (χ0v) is 12.1. The van der Waals surface area contributed by atoms with E-state index in [4.69, 9.17) is 11.6 Å². The molecular formula is C10H16ClN5O2S. The average molecular weight is 306 g/mol. The second-order valence-corrected chi connectivity index (χ2v) is 6.99. The Balaban J connectivity index is 2.06. The Bertz CT molecular complexity index is 551. The molecule has 106 valence electrons. The molecule has 1 aliphatic rings. The quantitative estimate of drug-likeness (QED) is 0.835. The minimum atomic E-state index is -2.93. The molecule has 1 unspecified atom stereocenters. The molecule has 7 nitrogen and oxygen atoms in total. The number of hydrogen-bond donors (Lipinski definition) is 2. The number of aromatic nitrogens is 3. The van der Waals surface area contributed by atoms with E-state index >= 15 is 0 Å². The van der Waals surface area contributed by atoms with Crippen LogP contribution in [0.5, 0.6) is 0 Å². The van der Waals surface area contributed by atoms with Gasteiger partial charge in [-0.25, -0.2) is 8.42 Å². The molecule has 0 aliphatic carbocycles. The van der Waals surface area contributed by atoms with Crippen molar-refractivity contribution >= 4 is 33.3 Å². The van der Waals surface area contributed by atoms with E-state index in [0.717, 1.165) is 13.0 Å². The first kappa shape index (κ1) is 14.3. The lowest BCUT2D eigenvalue weighted by Gasteiger charge is -2.11. The van der Waals surface area contributed by atoms with Crippen molar-refractivity contribution in [3.8, 4) is 0 Å². The molecule has 9 heteroatoms. The van der Waals surface area contributed by atoms with Gasteiger partial charge in [0, 0.05) is 12.6 Å². The fraction of sp³-hybridized carbons (Fsp3) is 0.700. The summed E-state index contributed by atoms with van der Waals surface area (Å²) in [5.74, 6) is 1.00. The minimum Gasteiger partial charge on any atom is -0.354 e. The van der Waals surface area contributed by atoms with Gasteiger partial charge in [0.2, 0.25) is 17.2 Å². The lowest BCUT2D eigenvalue weighted by atomic mass is 10.3. The fourth-order valence-electron chi connectivity index (χ4n) is 1.82. The maximum absolute atomic E-state index is 11.4. The molecule has 1 saturated heterocycles. The summed E-state index contributed by atoms with van der Waals surface area (Å²) in [6, 6.07) is -0.164. The van der Waals surface area contributed by atoms with E-state index in [0.29, 0.717) is 18.3 Å². The van der Waals surface area contributed by atoms with Gasteiger partial charge in [-0.3, -0.25) is 0 Å². The standard InChI is InChI=1S/C10H16ClN5O2S/c1-2-4-12-9-14-8(11)15-10(16-9)13-7-3-5-19(17,18)6-7/h7H,2-6H2,1H3,(H2,12,13,14,15,16). The zero-order chi connectivity index (χ0) is 13.9. The van der Waals surface area contributed by atoms with Crippen molar-refractivity contribution in [2.75, 3.05) is 28.7 Å². The van der Waals surface area contributed by atoms with E-state index in [1.54, 1.807) is 0 Å². The van der Waals surface area contributed by atoms with E-state index in [1.165, 1.54) is 0 Å². The number of hydrogen-bond acceptors (Lipinski definition) is 7. The first-order valence-electron chi connectivity index (χ1n) is 6.11. The van der Waals surface area contributed by atoms with Crippen molar-refractivity contribution < 1.29 is 8.42 Å². The molecule has 0 saturated carbocycles. The molecule has 1 aliphatic heterocycles. The summed E-state index contributed by atoms with van der Waals surface area (Å²) < 4.78 is 22.7. The molecule has 0 aromatic carbocycles. The Kier molecular flexibility index (Phi) is 4.41. The van der Waals surface area contributed by atoms with Crippen LogP contribution in [-0.2, 0) is 9.84 Å². The van der Waals surface area contributed by atoms with E-state index in [9.17, 15) is 8.42 Å². The molecule has 1 aromatic rings. The largest absolute Gasteiger partial charge is 0.354 e. The highest BCUT2D eigenvalue weighted by Gasteiger charge is 2.28. The van der Waals surface area contributed by atoms with Gasteiger partial charge in [0.1, 0.15) is 0 Å². The van der Waals surface area contributed by atoms with Crippen molar-refractivity contribution in [3.05, 3.63) is 5.28 Å². The third-order valence-corrected chi connectivity index (χ3v) is 4.64. The molecule has 2 heterocycles. The Hall–Kier alpha value is -1.15. The van der Waals surface area contributed by atoms with Gasteiger partial charge < -0.3 is 10.6 Å². The highest BCUT2D eigenvalue weighted by molar-refractivity contribution is 7.91. The number of nitrogens with one attached hydrogen (secondary N) is 2. The Labute approximate surface area is 117 Å². The van der Waals surface area contributed by atoms with Crippen LogP contribution in [0, 0.1) is 0 Å². The monoisotopic (exact) mass is 305 g/mol. The predicted molar refractivity (Wildman–Crippen MR) is 74.3 cm³/mol. The van der Waals surface area contributed by atoms with Gasteiger partial charge in [-0.1, -0.05) is 6.92 Å². The van der Waals surface area contributed by atoms with E-state index in [1.807, 2.05) is 6.92 Å². The summed E-state index contributed by atoms with van der Waals surface area (Å²) in [6.45, 7) is 2.76. The van der Waals surface area contributed by atoms with Gasteiger partial charge in [0.25, 0.3) is 0 Å². The zero-order valence-electron chi connectivity index (χ0n) is 10.6. The van der Waals surface area contributed by atoms with Crippen LogP contribution < -0.4 is 10.6 Å². The van der Waals surface area contributed by atoms with Gasteiger partial charge in [-0.2, -0.15) is 15.0 Å². The number of sulfone groups is 1. The van der Waals surface area contributed by atoms with Crippen molar-refractivity contribution in [1.29, 1.82) is 0 Å². The summed E-state index contributed by atoms with van der Waals surface area (Å²) in [4.78, 5) is 12.1. The molecule has 2 rings (SSSR count). The van der Waals surface area contributed by atoms with Gasteiger partial charge in [-0.05, 0) is 24.4 Å². The van der Waals surface area contributed by atoms with Crippen molar-refractivity contribution in [3.63, 3.8) is 0 Å². The van der Waals surface area contributed by atoms with Crippen molar-refractivity contribution in [2.24, 2.45) is 0 Å². The van der Waals surface area contributed by atoms with Crippen molar-refractivity contribution in [2.45, 2.75) is 25.8 Å². The first-order valence-corrected chi connectivity index (χ1v) is 8.31. The molecule has 1 aromatic heterocycles. The second kappa shape index (κ2) is 5.87. The molecule has 1 fully saturated rings. The lowest BCUT2D eigenvalue weighted by Crippen LogP contribution is -2.22. The highest BCUT2D eigenvalue weighted by Crippen LogP contribution is 2.17. The fourth-order valence-corrected chi connectivity index (χ4v) is 3.66. The van der Waals surface area contributed by atoms with Crippen LogP contribution in [0.25, 0.3) is 0 Å². The summed E-state index contributed by atoms with van der Waals surface area (Å²) in [6.07, 6.45) is 1.50. The average Bonchev–Trinajstić information content (AvgIpc) is 2.65. The van der Waals surface area contributed by atoms with Crippen LogP contribution in [0.2, 0.25) is 5.28 Å². The summed E-state index contributed by atoms with van der Waals surface area (Å²) in [5.41, 5.74) is 0. The number of rotatable bonds is 5. The Morgan fingerprint density at radius 1 is 1.32 bits per heavy atom. The molecule has 0 bridgehead atoms. The van der Waals surface area contributed by atoms with E-state index in [2.05, 4.69) is 25.6 Å². The third kappa shape index (κ3) is 4.17. The summed E-state index contributed by atoms with van der Waals surface area (Å²) in [5, 5.41) is 6.08. The van der Waals surface area contributed by atoms with Crippen molar-refractivity contribution in [1.82, 2.24) is 15.0 Å². The normalized spacial score (nSPS) is 21.3. The molecule has 19 heavy (non-hydrogen) atoms. The first-order chi connectivity index (χ1) is 8.98. The molecule has 2 N–H and O–H groups in total. The van der Waals surface area contributed by atoms with Crippen LogP contribution in [0.4, 0.5) is 11.9 Å². The molecule has 0 spiro atoms. The van der Waals surface area contributed by atoms with Crippen LogP contribution in [0.15, 0.2) is 0 Å². The molecule has 0 amide bonds. The Morgan fingerprint density at radius 3 is 2.68 bits per heavy atom. The SMILES string of the molecule is CCCNc1nc(Cl)nc(NC2CCS(=O)(=O)C2)n1. The lowest BCUT2D eigenvalue weighted by molar-refractivity contribution is 0.602. The van der Waals surface area contributed by atoms with Gasteiger partial charge >= 0.3 is 0 Å². The summed E-state index contributed by atoms with van der Waals surface area (Å²) in [7, 11) is -2.93.